The number of fused-ring (bicyclic) bond motifs is 1. The van der Waals surface area contributed by atoms with Crippen LogP contribution in [0.5, 0.6) is 0 Å². The first-order valence-corrected chi connectivity index (χ1v) is 9.64. The minimum Gasteiger partial charge on any atom is -0.321 e. The molecule has 3 aromatic rings. The van der Waals surface area contributed by atoms with Gasteiger partial charge in [0.25, 0.3) is 5.91 Å². The van der Waals surface area contributed by atoms with Crippen LogP contribution < -0.4 is 5.32 Å². The Morgan fingerprint density at radius 1 is 1.03 bits per heavy atom. The molecule has 0 fully saturated rings. The molecule has 0 bridgehead atoms. The Labute approximate surface area is 174 Å². The lowest BCUT2D eigenvalue weighted by Crippen LogP contribution is -2.06. The zero-order chi connectivity index (χ0) is 20.9. The van der Waals surface area contributed by atoms with Gasteiger partial charge in [-0.1, -0.05) is 22.0 Å². The highest BCUT2D eigenvalue weighted by Gasteiger charge is 2.33. The fourth-order valence-electron chi connectivity index (χ4n) is 3.59. The van der Waals surface area contributed by atoms with E-state index in [1.165, 1.54) is 6.07 Å². The van der Waals surface area contributed by atoms with Crippen LogP contribution in [0.4, 0.5) is 18.9 Å². The second-order valence-corrected chi connectivity index (χ2v) is 7.82. The summed E-state index contributed by atoms with van der Waals surface area (Å²) in [5.41, 5.74) is 3.96. The van der Waals surface area contributed by atoms with E-state index in [0.29, 0.717) is 11.1 Å². The van der Waals surface area contributed by atoms with Crippen molar-refractivity contribution in [2.75, 3.05) is 5.32 Å². The third-order valence-electron chi connectivity index (χ3n) is 4.98. The summed E-state index contributed by atoms with van der Waals surface area (Å²) in [6.45, 7) is 3.91. The van der Waals surface area contributed by atoms with Crippen molar-refractivity contribution in [3.63, 3.8) is 0 Å². The Balaban J connectivity index is 1.78. The number of hydrogen-bond acceptors (Lipinski definition) is 1. The molecule has 1 aromatic heterocycles. The van der Waals surface area contributed by atoms with Crippen molar-refractivity contribution in [2.45, 2.75) is 20.0 Å². The van der Waals surface area contributed by atoms with Crippen LogP contribution in [0.3, 0.4) is 0 Å². The molecule has 0 unspecified atom stereocenters. The molecule has 4 rings (SSSR count). The van der Waals surface area contributed by atoms with E-state index in [1.807, 2.05) is 44.2 Å². The van der Waals surface area contributed by atoms with Crippen LogP contribution in [-0.4, -0.2) is 10.5 Å². The number of nitrogens with zero attached hydrogens (tertiary/aromatic N) is 1. The zero-order valence-electron chi connectivity index (χ0n) is 15.6. The predicted molar refractivity (Wildman–Crippen MR) is 111 cm³/mol. The summed E-state index contributed by atoms with van der Waals surface area (Å²) in [5, 5.41) is 2.54. The first kappa shape index (κ1) is 19.5. The van der Waals surface area contributed by atoms with Gasteiger partial charge < -0.3 is 9.88 Å². The van der Waals surface area contributed by atoms with E-state index >= 15 is 0 Å². The number of alkyl halides is 3. The molecule has 3 nitrogen and oxygen atoms in total. The second-order valence-electron chi connectivity index (χ2n) is 6.91. The highest BCUT2D eigenvalue weighted by atomic mass is 79.9. The van der Waals surface area contributed by atoms with Gasteiger partial charge in [-0.3, -0.25) is 4.79 Å². The van der Waals surface area contributed by atoms with Gasteiger partial charge in [0.2, 0.25) is 0 Å². The molecule has 1 aliphatic heterocycles. The van der Waals surface area contributed by atoms with E-state index in [0.717, 1.165) is 39.2 Å². The molecule has 0 saturated heterocycles. The Kier molecular flexibility index (Phi) is 4.65. The first-order chi connectivity index (χ1) is 13.6. The number of benzene rings is 2. The maximum absolute atomic E-state index is 13.0. The lowest BCUT2D eigenvalue weighted by Gasteiger charge is -2.10. The third-order valence-corrected chi connectivity index (χ3v) is 5.51. The number of aromatic nitrogens is 1. The standard InChI is InChI=1S/C22H16BrF3N2O/c1-12-9-14(13(2)28(12)17-6-4-16(23)5-7-17)10-19-18-8-3-15(22(24,25)26)11-20(18)27-21(19)29/h3-11H,1-2H3,(H,27,29)/b19-10-. The van der Waals surface area contributed by atoms with Crippen molar-refractivity contribution >= 4 is 39.2 Å². The monoisotopic (exact) mass is 460 g/mol. The summed E-state index contributed by atoms with van der Waals surface area (Å²) in [6, 6.07) is 13.1. The van der Waals surface area contributed by atoms with Gasteiger partial charge in [-0.25, -0.2) is 0 Å². The molecular weight excluding hydrogens is 445 g/mol. The average molecular weight is 461 g/mol. The fourth-order valence-corrected chi connectivity index (χ4v) is 3.86. The van der Waals surface area contributed by atoms with Gasteiger partial charge in [0.15, 0.2) is 0 Å². The molecule has 29 heavy (non-hydrogen) atoms. The summed E-state index contributed by atoms with van der Waals surface area (Å²) >= 11 is 3.42. The van der Waals surface area contributed by atoms with Crippen molar-refractivity contribution in [3.05, 3.63) is 81.1 Å². The zero-order valence-corrected chi connectivity index (χ0v) is 17.1. The second kappa shape index (κ2) is 6.91. The highest BCUT2D eigenvalue weighted by Crippen LogP contribution is 2.39. The van der Waals surface area contributed by atoms with Crippen LogP contribution in [0.15, 0.2) is 53.0 Å². The van der Waals surface area contributed by atoms with Crippen molar-refractivity contribution in [2.24, 2.45) is 0 Å². The van der Waals surface area contributed by atoms with Crippen LogP contribution in [-0.2, 0) is 11.0 Å². The molecule has 2 heterocycles. The number of anilines is 1. The number of carbonyl (C=O) groups excluding carboxylic acids is 1. The number of nitrogens with one attached hydrogen (secondary N) is 1. The van der Waals surface area contributed by atoms with Crippen molar-refractivity contribution < 1.29 is 18.0 Å². The normalized spacial score (nSPS) is 15.0. The molecular formula is C22H16BrF3N2O. The van der Waals surface area contributed by atoms with Gasteiger partial charge >= 0.3 is 6.18 Å². The molecule has 0 saturated carbocycles. The van der Waals surface area contributed by atoms with Crippen LogP contribution in [0.2, 0.25) is 0 Å². The summed E-state index contributed by atoms with van der Waals surface area (Å²) in [7, 11) is 0. The quantitative estimate of drug-likeness (QED) is 0.443. The van der Waals surface area contributed by atoms with Crippen LogP contribution >= 0.6 is 15.9 Å². The first-order valence-electron chi connectivity index (χ1n) is 8.84. The summed E-state index contributed by atoms with van der Waals surface area (Å²) in [6.07, 6.45) is -2.73. The van der Waals surface area contributed by atoms with Crippen LogP contribution in [0, 0.1) is 13.8 Å². The molecule has 7 heteroatoms. The summed E-state index contributed by atoms with van der Waals surface area (Å²) in [5.74, 6) is -0.409. The number of aryl methyl sites for hydroxylation is 1. The number of hydrogen-bond donors (Lipinski definition) is 1. The Bertz CT molecular complexity index is 1160. The summed E-state index contributed by atoms with van der Waals surface area (Å²) < 4.78 is 41.9. The Hall–Kier alpha value is -2.80. The molecule has 148 valence electrons. The van der Waals surface area contributed by atoms with Gasteiger partial charge in [0, 0.05) is 38.4 Å². The number of rotatable bonds is 2. The number of carbonyl (C=O) groups is 1. The lowest BCUT2D eigenvalue weighted by atomic mass is 10.0. The van der Waals surface area contributed by atoms with E-state index in [1.54, 1.807) is 6.08 Å². The molecule has 2 aromatic carbocycles. The summed E-state index contributed by atoms with van der Waals surface area (Å²) in [4.78, 5) is 12.4. The van der Waals surface area contributed by atoms with Crippen molar-refractivity contribution in [3.8, 4) is 5.69 Å². The third kappa shape index (κ3) is 3.51. The molecule has 1 aliphatic rings. The number of amides is 1. The molecule has 1 N–H and O–H groups in total. The minimum atomic E-state index is -4.46. The predicted octanol–water partition coefficient (Wildman–Crippen LogP) is 6.37. The molecule has 0 aliphatic carbocycles. The van der Waals surface area contributed by atoms with E-state index in [9.17, 15) is 18.0 Å². The topological polar surface area (TPSA) is 34.0 Å². The van der Waals surface area contributed by atoms with E-state index in [-0.39, 0.29) is 5.69 Å². The maximum Gasteiger partial charge on any atom is 0.416 e. The van der Waals surface area contributed by atoms with Crippen LogP contribution in [0.25, 0.3) is 17.3 Å². The Morgan fingerprint density at radius 3 is 2.38 bits per heavy atom. The average Bonchev–Trinajstić information content (AvgIpc) is 3.11. The molecule has 0 radical (unpaired) electrons. The Morgan fingerprint density at radius 2 is 1.72 bits per heavy atom. The van der Waals surface area contributed by atoms with Crippen LogP contribution in [0.1, 0.15) is 28.1 Å². The largest absolute Gasteiger partial charge is 0.416 e. The van der Waals surface area contributed by atoms with Gasteiger partial charge in [-0.2, -0.15) is 13.2 Å². The molecule has 0 atom stereocenters. The van der Waals surface area contributed by atoms with Gasteiger partial charge in [0.05, 0.1) is 5.56 Å². The molecule has 1 amide bonds. The van der Waals surface area contributed by atoms with Gasteiger partial charge in [0.1, 0.15) is 0 Å². The lowest BCUT2D eigenvalue weighted by molar-refractivity contribution is -0.137. The van der Waals surface area contributed by atoms with Crippen molar-refractivity contribution in [1.29, 1.82) is 0 Å². The van der Waals surface area contributed by atoms with Gasteiger partial charge in [-0.05, 0) is 68.0 Å². The maximum atomic E-state index is 13.0. The van der Waals surface area contributed by atoms with E-state index in [4.69, 9.17) is 0 Å². The van der Waals surface area contributed by atoms with E-state index < -0.39 is 17.6 Å². The minimum absolute atomic E-state index is 0.179. The molecule has 0 spiro atoms. The number of halogens is 4. The SMILES string of the molecule is Cc1cc(/C=C2\C(=O)Nc3cc(C(F)(F)F)ccc32)c(C)n1-c1ccc(Br)cc1. The van der Waals surface area contributed by atoms with Crippen molar-refractivity contribution in [1.82, 2.24) is 4.57 Å². The smallest absolute Gasteiger partial charge is 0.321 e. The van der Waals surface area contributed by atoms with Gasteiger partial charge in [-0.15, -0.1) is 0 Å². The highest BCUT2D eigenvalue weighted by molar-refractivity contribution is 9.10. The van der Waals surface area contributed by atoms with E-state index in [2.05, 4.69) is 25.8 Å². The fraction of sp³-hybridized carbons (Fsp3) is 0.136.